The third-order valence-electron chi connectivity index (χ3n) is 4.46. The first-order valence-electron chi connectivity index (χ1n) is 9.93. The SMILES string of the molecule is CCNC(=NCc1cccc(COCC(F)(F)F)c1)NCCN1CCCCC1.I. The number of halogens is 4. The maximum atomic E-state index is 12.2. The van der Waals surface area contributed by atoms with Crippen LogP contribution < -0.4 is 10.6 Å². The fourth-order valence-electron chi connectivity index (χ4n) is 3.13. The van der Waals surface area contributed by atoms with Crippen molar-refractivity contribution in [3.8, 4) is 0 Å². The second-order valence-corrected chi connectivity index (χ2v) is 6.95. The van der Waals surface area contributed by atoms with Crippen LogP contribution in [0.15, 0.2) is 29.3 Å². The molecule has 1 heterocycles. The van der Waals surface area contributed by atoms with Gasteiger partial charge in [-0.2, -0.15) is 13.2 Å². The molecular formula is C20H32F3IN4O. The van der Waals surface area contributed by atoms with E-state index in [1.807, 2.05) is 25.1 Å². The van der Waals surface area contributed by atoms with Crippen LogP contribution in [0.25, 0.3) is 0 Å². The van der Waals surface area contributed by atoms with Crippen LogP contribution in [0.5, 0.6) is 0 Å². The van der Waals surface area contributed by atoms with Crippen LogP contribution in [0.1, 0.15) is 37.3 Å². The molecule has 0 bridgehead atoms. The summed E-state index contributed by atoms with van der Waals surface area (Å²) in [6, 6.07) is 7.31. The molecule has 0 aliphatic carbocycles. The van der Waals surface area contributed by atoms with Gasteiger partial charge in [0.25, 0.3) is 0 Å². The molecule has 0 spiro atoms. The van der Waals surface area contributed by atoms with Crippen LogP contribution in [-0.4, -0.2) is 56.4 Å². The molecule has 5 nitrogen and oxygen atoms in total. The second kappa shape index (κ2) is 14.0. The first-order valence-corrected chi connectivity index (χ1v) is 9.93. The predicted octanol–water partition coefficient (Wildman–Crippen LogP) is 3.92. The van der Waals surface area contributed by atoms with E-state index in [4.69, 9.17) is 4.74 Å². The number of aliphatic imine (C=N–C) groups is 1. The van der Waals surface area contributed by atoms with Crippen molar-refractivity contribution in [2.75, 3.05) is 39.3 Å². The normalized spacial score (nSPS) is 15.7. The predicted molar refractivity (Wildman–Crippen MR) is 121 cm³/mol. The number of hydrogen-bond donors (Lipinski definition) is 2. The summed E-state index contributed by atoms with van der Waals surface area (Å²) in [4.78, 5) is 7.04. The summed E-state index contributed by atoms with van der Waals surface area (Å²) in [7, 11) is 0. The summed E-state index contributed by atoms with van der Waals surface area (Å²) in [6.07, 6.45) is -0.425. The Balaban J connectivity index is 0.00000420. The molecule has 0 unspecified atom stereocenters. The molecule has 0 amide bonds. The zero-order chi connectivity index (χ0) is 20.2. The van der Waals surface area contributed by atoms with Crippen LogP contribution >= 0.6 is 24.0 Å². The number of nitrogens with one attached hydrogen (secondary N) is 2. The van der Waals surface area contributed by atoms with Gasteiger partial charge in [0.2, 0.25) is 0 Å². The van der Waals surface area contributed by atoms with E-state index in [1.54, 1.807) is 6.07 Å². The molecule has 166 valence electrons. The van der Waals surface area contributed by atoms with E-state index < -0.39 is 12.8 Å². The molecule has 0 radical (unpaired) electrons. The molecule has 0 saturated carbocycles. The Hall–Kier alpha value is -1.07. The van der Waals surface area contributed by atoms with E-state index in [0.29, 0.717) is 12.1 Å². The number of piperidine rings is 1. The number of alkyl halides is 3. The van der Waals surface area contributed by atoms with Gasteiger partial charge in [-0.25, -0.2) is 4.99 Å². The Morgan fingerprint density at radius 1 is 1.14 bits per heavy atom. The highest BCUT2D eigenvalue weighted by atomic mass is 127. The molecule has 1 aromatic rings. The summed E-state index contributed by atoms with van der Waals surface area (Å²) in [5.74, 6) is 0.748. The standard InChI is InChI=1S/C20H31F3N4O.HI/c1-2-24-19(25-9-12-27-10-4-3-5-11-27)26-14-17-7-6-8-18(13-17)15-28-16-20(21,22)23;/h6-8,13H,2-5,9-12,14-16H2,1H3,(H2,24,25,26);1H. The zero-order valence-corrected chi connectivity index (χ0v) is 19.3. The van der Waals surface area contributed by atoms with Crippen molar-refractivity contribution in [1.82, 2.24) is 15.5 Å². The van der Waals surface area contributed by atoms with Crippen molar-refractivity contribution in [3.63, 3.8) is 0 Å². The molecule has 1 aliphatic rings. The van der Waals surface area contributed by atoms with E-state index in [0.717, 1.165) is 31.2 Å². The average Bonchev–Trinajstić information content (AvgIpc) is 2.66. The maximum absolute atomic E-state index is 12.2. The third-order valence-corrected chi connectivity index (χ3v) is 4.46. The Bertz CT molecular complexity index is 608. The lowest BCUT2D eigenvalue weighted by Crippen LogP contribution is -2.42. The highest BCUT2D eigenvalue weighted by Gasteiger charge is 2.27. The second-order valence-electron chi connectivity index (χ2n) is 6.95. The molecule has 0 atom stereocenters. The van der Waals surface area contributed by atoms with Gasteiger partial charge < -0.3 is 20.3 Å². The molecule has 29 heavy (non-hydrogen) atoms. The lowest BCUT2D eigenvalue weighted by Gasteiger charge is -2.26. The first-order chi connectivity index (χ1) is 13.5. The van der Waals surface area contributed by atoms with Gasteiger partial charge in [-0.3, -0.25) is 0 Å². The zero-order valence-electron chi connectivity index (χ0n) is 16.9. The molecule has 1 fully saturated rings. The van der Waals surface area contributed by atoms with Crippen LogP contribution in [0.2, 0.25) is 0 Å². The smallest absolute Gasteiger partial charge is 0.367 e. The summed E-state index contributed by atoms with van der Waals surface area (Å²) in [5.41, 5.74) is 1.64. The molecule has 1 aromatic carbocycles. The Morgan fingerprint density at radius 2 is 1.86 bits per heavy atom. The monoisotopic (exact) mass is 528 g/mol. The van der Waals surface area contributed by atoms with Crippen molar-refractivity contribution >= 4 is 29.9 Å². The maximum Gasteiger partial charge on any atom is 0.411 e. The molecule has 9 heteroatoms. The minimum Gasteiger partial charge on any atom is -0.367 e. The minimum atomic E-state index is -4.30. The van der Waals surface area contributed by atoms with E-state index >= 15 is 0 Å². The molecule has 0 aromatic heterocycles. The summed E-state index contributed by atoms with van der Waals surface area (Å²) in [5, 5.41) is 6.58. The van der Waals surface area contributed by atoms with Crippen LogP contribution in [0, 0.1) is 0 Å². The fraction of sp³-hybridized carbons (Fsp3) is 0.650. The fourth-order valence-corrected chi connectivity index (χ4v) is 3.13. The van der Waals surface area contributed by atoms with Crippen molar-refractivity contribution in [2.45, 2.75) is 45.5 Å². The molecule has 1 aliphatic heterocycles. The summed E-state index contributed by atoms with van der Waals surface area (Å²) < 4.78 is 41.3. The van der Waals surface area contributed by atoms with Gasteiger partial charge >= 0.3 is 6.18 Å². The molecular weight excluding hydrogens is 496 g/mol. The first kappa shape index (κ1) is 26.0. The van der Waals surface area contributed by atoms with E-state index in [-0.39, 0.29) is 30.6 Å². The van der Waals surface area contributed by atoms with Gasteiger partial charge in [0.1, 0.15) is 6.61 Å². The van der Waals surface area contributed by atoms with Crippen molar-refractivity contribution in [3.05, 3.63) is 35.4 Å². The lowest BCUT2D eigenvalue weighted by atomic mass is 10.1. The number of likely N-dealkylation sites (tertiary alicyclic amines) is 1. The van der Waals surface area contributed by atoms with E-state index in [9.17, 15) is 13.2 Å². The average molecular weight is 528 g/mol. The van der Waals surface area contributed by atoms with E-state index in [2.05, 4.69) is 20.5 Å². The number of hydrogen-bond acceptors (Lipinski definition) is 3. The Labute approximate surface area is 188 Å². The van der Waals surface area contributed by atoms with Crippen LogP contribution in [0.4, 0.5) is 13.2 Å². The van der Waals surface area contributed by atoms with Crippen molar-refractivity contribution in [1.29, 1.82) is 0 Å². The summed E-state index contributed by atoms with van der Waals surface area (Å²) in [6.45, 7) is 6.09. The Kier molecular flexibility index (Phi) is 12.6. The van der Waals surface area contributed by atoms with Gasteiger partial charge in [0.05, 0.1) is 13.2 Å². The topological polar surface area (TPSA) is 48.9 Å². The Morgan fingerprint density at radius 3 is 2.55 bits per heavy atom. The highest BCUT2D eigenvalue weighted by Crippen LogP contribution is 2.16. The van der Waals surface area contributed by atoms with Gasteiger partial charge in [0, 0.05) is 19.6 Å². The number of benzene rings is 1. The lowest BCUT2D eigenvalue weighted by molar-refractivity contribution is -0.176. The van der Waals surface area contributed by atoms with Gasteiger partial charge in [-0.15, -0.1) is 24.0 Å². The number of rotatable bonds is 9. The quantitative estimate of drug-likeness (QED) is 0.290. The van der Waals surface area contributed by atoms with Gasteiger partial charge in [0.15, 0.2) is 5.96 Å². The number of nitrogens with zero attached hydrogens (tertiary/aromatic N) is 2. The van der Waals surface area contributed by atoms with E-state index in [1.165, 1.54) is 32.4 Å². The summed E-state index contributed by atoms with van der Waals surface area (Å²) >= 11 is 0. The van der Waals surface area contributed by atoms with Crippen molar-refractivity contribution in [2.24, 2.45) is 4.99 Å². The van der Waals surface area contributed by atoms with Gasteiger partial charge in [-0.05, 0) is 44.0 Å². The number of guanidine groups is 1. The minimum absolute atomic E-state index is 0. The van der Waals surface area contributed by atoms with Crippen molar-refractivity contribution < 1.29 is 17.9 Å². The highest BCUT2D eigenvalue weighted by molar-refractivity contribution is 14.0. The molecule has 1 saturated heterocycles. The molecule has 2 N–H and O–H groups in total. The largest absolute Gasteiger partial charge is 0.411 e. The van der Waals surface area contributed by atoms with Crippen LogP contribution in [-0.2, 0) is 17.9 Å². The number of ether oxygens (including phenoxy) is 1. The molecule has 2 rings (SSSR count). The third kappa shape index (κ3) is 11.6. The van der Waals surface area contributed by atoms with Gasteiger partial charge in [-0.1, -0.05) is 30.7 Å². The van der Waals surface area contributed by atoms with Crippen LogP contribution in [0.3, 0.4) is 0 Å².